The van der Waals surface area contributed by atoms with Gasteiger partial charge in [-0.3, -0.25) is 4.98 Å². The maximum atomic E-state index is 4.50. The molecule has 0 saturated carbocycles. The largest absolute Gasteiger partial charge is 0.302 e. The molecule has 1 N–H and O–H groups in total. The first-order chi connectivity index (χ1) is 9.58. The molecule has 2 atom stereocenters. The molecule has 1 aromatic heterocycles. The van der Waals surface area contributed by atoms with Crippen LogP contribution in [0.1, 0.15) is 44.1 Å². The molecule has 0 amide bonds. The van der Waals surface area contributed by atoms with Gasteiger partial charge in [0.1, 0.15) is 0 Å². The number of hydrogen-bond donors (Lipinski definition) is 1. The minimum absolute atomic E-state index is 0.269. The molecule has 20 heavy (non-hydrogen) atoms. The Morgan fingerprint density at radius 1 is 1.00 bits per heavy atom. The Balaban J connectivity index is 2.14. The molecule has 0 aliphatic rings. The van der Waals surface area contributed by atoms with Crippen LogP contribution in [0.25, 0.3) is 0 Å². The molecule has 1 aromatic carbocycles. The Morgan fingerprint density at radius 3 is 2.25 bits per heavy atom. The van der Waals surface area contributed by atoms with Gasteiger partial charge in [-0.1, -0.05) is 32.0 Å². The van der Waals surface area contributed by atoms with E-state index in [-0.39, 0.29) is 6.04 Å². The van der Waals surface area contributed by atoms with Crippen LogP contribution in [-0.4, -0.2) is 4.98 Å². The van der Waals surface area contributed by atoms with Crippen LogP contribution < -0.4 is 5.32 Å². The first-order valence-corrected chi connectivity index (χ1v) is 8.08. The Morgan fingerprint density at radius 2 is 1.70 bits per heavy atom. The van der Waals surface area contributed by atoms with E-state index in [1.54, 1.807) is 0 Å². The van der Waals surface area contributed by atoms with Crippen molar-refractivity contribution in [1.82, 2.24) is 10.3 Å². The number of nitrogens with zero attached hydrogens (tertiary/aromatic N) is 1. The van der Waals surface area contributed by atoms with Crippen LogP contribution in [0.5, 0.6) is 0 Å². The lowest BCUT2D eigenvalue weighted by Crippen LogP contribution is -2.29. The maximum absolute atomic E-state index is 4.50. The summed E-state index contributed by atoms with van der Waals surface area (Å²) < 4.78 is 1.27. The van der Waals surface area contributed by atoms with Crippen LogP contribution >= 0.6 is 22.6 Å². The van der Waals surface area contributed by atoms with Crippen LogP contribution in [0.4, 0.5) is 0 Å². The molecular formula is C17H21IN2. The molecule has 0 fully saturated rings. The fraction of sp³-hybridized carbons (Fsp3) is 0.353. The van der Waals surface area contributed by atoms with Crippen LogP contribution in [0.2, 0.25) is 0 Å². The first kappa shape index (κ1) is 15.4. The number of pyridine rings is 1. The third-order valence-electron chi connectivity index (χ3n) is 3.47. The number of benzene rings is 1. The van der Waals surface area contributed by atoms with E-state index in [0.717, 1.165) is 5.69 Å². The van der Waals surface area contributed by atoms with Gasteiger partial charge in [0.25, 0.3) is 0 Å². The fourth-order valence-electron chi connectivity index (χ4n) is 2.30. The van der Waals surface area contributed by atoms with Crippen LogP contribution in [-0.2, 0) is 0 Å². The van der Waals surface area contributed by atoms with E-state index in [0.29, 0.717) is 12.0 Å². The van der Waals surface area contributed by atoms with Crippen molar-refractivity contribution in [3.05, 3.63) is 63.5 Å². The normalized spacial score (nSPS) is 14.2. The van der Waals surface area contributed by atoms with Crippen molar-refractivity contribution in [2.45, 2.75) is 32.9 Å². The van der Waals surface area contributed by atoms with Crippen LogP contribution in [0.15, 0.2) is 48.7 Å². The summed E-state index contributed by atoms with van der Waals surface area (Å²) in [6.07, 6.45) is 1.86. The fourth-order valence-corrected chi connectivity index (χ4v) is 2.66. The van der Waals surface area contributed by atoms with E-state index in [2.05, 4.69) is 90.1 Å². The van der Waals surface area contributed by atoms with Gasteiger partial charge in [0.05, 0.1) is 11.7 Å². The minimum atomic E-state index is 0.269. The number of nitrogens with one attached hydrogen (secondary N) is 1. The van der Waals surface area contributed by atoms with E-state index in [4.69, 9.17) is 0 Å². The topological polar surface area (TPSA) is 24.9 Å². The van der Waals surface area contributed by atoms with Gasteiger partial charge in [-0.25, -0.2) is 0 Å². The smallest absolute Gasteiger partial charge is 0.0575 e. The molecule has 2 nitrogen and oxygen atoms in total. The molecule has 1 heterocycles. The van der Waals surface area contributed by atoms with Crippen LogP contribution in [0.3, 0.4) is 0 Å². The summed E-state index contributed by atoms with van der Waals surface area (Å²) in [7, 11) is 0. The molecule has 0 saturated heterocycles. The molecule has 0 unspecified atom stereocenters. The minimum Gasteiger partial charge on any atom is -0.302 e. The highest BCUT2D eigenvalue weighted by Gasteiger charge is 2.19. The monoisotopic (exact) mass is 380 g/mol. The maximum Gasteiger partial charge on any atom is 0.0575 e. The molecule has 0 radical (unpaired) electrons. The number of hydrogen-bond acceptors (Lipinski definition) is 2. The molecule has 0 aliphatic carbocycles. The van der Waals surface area contributed by atoms with Gasteiger partial charge in [-0.05, 0) is 65.3 Å². The zero-order valence-electron chi connectivity index (χ0n) is 12.2. The summed E-state index contributed by atoms with van der Waals surface area (Å²) in [5.41, 5.74) is 2.42. The zero-order chi connectivity index (χ0) is 14.5. The Labute approximate surface area is 135 Å². The first-order valence-electron chi connectivity index (χ1n) is 7.00. The van der Waals surface area contributed by atoms with Gasteiger partial charge in [0, 0.05) is 15.8 Å². The zero-order valence-corrected chi connectivity index (χ0v) is 14.3. The summed E-state index contributed by atoms with van der Waals surface area (Å²) in [6.45, 7) is 6.67. The SMILES string of the molecule is CC(C)[C@@H](N[C@@H](C)c1ccc(I)cc1)c1ccccn1. The van der Waals surface area contributed by atoms with Gasteiger partial charge >= 0.3 is 0 Å². The second-order valence-electron chi connectivity index (χ2n) is 5.42. The van der Waals surface area contributed by atoms with Crippen molar-refractivity contribution in [1.29, 1.82) is 0 Å². The second-order valence-corrected chi connectivity index (χ2v) is 6.66. The molecule has 0 aliphatic heterocycles. The highest BCUT2D eigenvalue weighted by Crippen LogP contribution is 2.24. The van der Waals surface area contributed by atoms with Gasteiger partial charge in [0.2, 0.25) is 0 Å². The molecule has 2 rings (SSSR count). The van der Waals surface area contributed by atoms with Gasteiger partial charge < -0.3 is 5.32 Å². The van der Waals surface area contributed by atoms with Gasteiger partial charge in [0.15, 0.2) is 0 Å². The van der Waals surface area contributed by atoms with E-state index in [1.165, 1.54) is 9.13 Å². The third kappa shape index (κ3) is 4.03. The standard InChI is InChI=1S/C17H21IN2/c1-12(2)17(16-6-4-5-11-19-16)20-13(3)14-7-9-15(18)10-8-14/h4-13,17,20H,1-3H3/t13-,17+/m0/s1. The number of halogens is 1. The highest BCUT2D eigenvalue weighted by molar-refractivity contribution is 14.1. The lowest BCUT2D eigenvalue weighted by Gasteiger charge is -2.26. The van der Waals surface area contributed by atoms with Crippen molar-refractivity contribution >= 4 is 22.6 Å². The Bertz CT molecular complexity index is 522. The van der Waals surface area contributed by atoms with Crippen molar-refractivity contribution in [2.75, 3.05) is 0 Å². The van der Waals surface area contributed by atoms with Gasteiger partial charge in [-0.15, -0.1) is 0 Å². The van der Waals surface area contributed by atoms with Crippen molar-refractivity contribution in [3.63, 3.8) is 0 Å². The van der Waals surface area contributed by atoms with Crippen molar-refractivity contribution < 1.29 is 0 Å². The predicted molar refractivity (Wildman–Crippen MR) is 92.5 cm³/mol. The summed E-state index contributed by atoms with van der Waals surface area (Å²) in [5.74, 6) is 0.496. The quantitative estimate of drug-likeness (QED) is 0.759. The van der Waals surface area contributed by atoms with E-state index in [9.17, 15) is 0 Å². The molecular weight excluding hydrogens is 359 g/mol. The highest BCUT2D eigenvalue weighted by atomic mass is 127. The second kappa shape index (κ2) is 7.18. The molecule has 0 bridgehead atoms. The summed E-state index contributed by atoms with van der Waals surface area (Å²) in [5, 5.41) is 3.70. The summed E-state index contributed by atoms with van der Waals surface area (Å²) in [4.78, 5) is 4.50. The lowest BCUT2D eigenvalue weighted by molar-refractivity contribution is 0.367. The van der Waals surface area contributed by atoms with Gasteiger partial charge in [-0.2, -0.15) is 0 Å². The van der Waals surface area contributed by atoms with Crippen molar-refractivity contribution in [2.24, 2.45) is 5.92 Å². The molecule has 2 aromatic rings. The Kier molecular flexibility index (Phi) is 5.54. The lowest BCUT2D eigenvalue weighted by atomic mass is 9.98. The third-order valence-corrected chi connectivity index (χ3v) is 4.19. The summed E-state index contributed by atoms with van der Waals surface area (Å²) in [6, 6.07) is 15.4. The molecule has 3 heteroatoms. The number of rotatable bonds is 5. The van der Waals surface area contributed by atoms with E-state index < -0.39 is 0 Å². The van der Waals surface area contributed by atoms with E-state index in [1.807, 2.05) is 12.3 Å². The predicted octanol–water partition coefficient (Wildman–Crippen LogP) is 4.73. The molecule has 106 valence electrons. The van der Waals surface area contributed by atoms with E-state index >= 15 is 0 Å². The van der Waals surface area contributed by atoms with Crippen molar-refractivity contribution in [3.8, 4) is 0 Å². The summed E-state index contributed by atoms with van der Waals surface area (Å²) >= 11 is 2.33. The number of aromatic nitrogens is 1. The average molecular weight is 380 g/mol. The van der Waals surface area contributed by atoms with Crippen LogP contribution in [0, 0.1) is 9.49 Å². The average Bonchev–Trinajstić information content (AvgIpc) is 2.46. The Hall–Kier alpha value is -0.940. The molecule has 0 spiro atoms.